The Morgan fingerprint density at radius 3 is 2.34 bits per heavy atom. The van der Waals surface area contributed by atoms with E-state index in [2.05, 4.69) is 5.32 Å². The van der Waals surface area contributed by atoms with Gasteiger partial charge >= 0.3 is 12.1 Å². The lowest BCUT2D eigenvalue weighted by molar-refractivity contribution is -0.190. The Kier molecular flexibility index (Phi) is 6.61. The van der Waals surface area contributed by atoms with Crippen LogP contribution in [0.4, 0.5) is 13.2 Å². The number of carbonyl (C=O) groups excluding carboxylic acids is 2. The van der Waals surface area contributed by atoms with Crippen molar-refractivity contribution in [2.45, 2.75) is 56.9 Å². The van der Waals surface area contributed by atoms with Crippen molar-refractivity contribution in [2.24, 2.45) is 0 Å². The first-order valence-corrected chi connectivity index (χ1v) is 9.62. The van der Waals surface area contributed by atoms with E-state index in [1.165, 1.54) is 18.4 Å². The third-order valence-corrected chi connectivity index (χ3v) is 5.02. The quantitative estimate of drug-likeness (QED) is 0.773. The minimum Gasteiger partial charge on any atom is -0.467 e. The normalized spacial score (nSPS) is 16.2. The molecule has 1 aliphatic rings. The SMILES string of the molecule is O=C(NC1CCCCC1)[C@@H](c1ccco1)N(Cc1ccccc1)C(=O)C(F)(F)F. The molecule has 2 aromatic rings. The molecular formula is C21H23F3N2O3. The van der Waals surface area contributed by atoms with E-state index in [0.29, 0.717) is 10.5 Å². The summed E-state index contributed by atoms with van der Waals surface area (Å²) in [6, 6.07) is 9.52. The van der Waals surface area contributed by atoms with E-state index in [-0.39, 0.29) is 18.3 Å². The zero-order valence-corrected chi connectivity index (χ0v) is 15.8. The van der Waals surface area contributed by atoms with Crippen LogP contribution in [0.2, 0.25) is 0 Å². The molecule has 29 heavy (non-hydrogen) atoms. The molecule has 0 unspecified atom stereocenters. The highest BCUT2D eigenvalue weighted by atomic mass is 19.4. The molecule has 1 heterocycles. The van der Waals surface area contributed by atoms with Gasteiger partial charge in [0, 0.05) is 12.6 Å². The molecule has 1 N–H and O–H groups in total. The predicted octanol–water partition coefficient (Wildman–Crippen LogP) is 4.36. The molecule has 2 amide bonds. The van der Waals surface area contributed by atoms with Crippen LogP contribution in [0, 0.1) is 0 Å². The molecule has 1 atom stereocenters. The molecule has 1 saturated carbocycles. The van der Waals surface area contributed by atoms with Crippen molar-refractivity contribution >= 4 is 11.8 Å². The molecule has 3 rings (SSSR count). The fraction of sp³-hybridized carbons (Fsp3) is 0.429. The van der Waals surface area contributed by atoms with E-state index in [1.807, 2.05) is 0 Å². The summed E-state index contributed by atoms with van der Waals surface area (Å²) in [6.07, 6.45) is 0.655. The van der Waals surface area contributed by atoms with Crippen molar-refractivity contribution in [1.82, 2.24) is 10.2 Å². The largest absolute Gasteiger partial charge is 0.471 e. The molecule has 156 valence electrons. The fourth-order valence-corrected chi connectivity index (χ4v) is 3.62. The van der Waals surface area contributed by atoms with Crippen molar-refractivity contribution in [2.75, 3.05) is 0 Å². The van der Waals surface area contributed by atoms with Crippen LogP contribution in [0.5, 0.6) is 0 Å². The summed E-state index contributed by atoms with van der Waals surface area (Å²) < 4.78 is 45.4. The number of hydrogen-bond donors (Lipinski definition) is 1. The highest BCUT2D eigenvalue weighted by Gasteiger charge is 2.47. The summed E-state index contributed by atoms with van der Waals surface area (Å²) in [5.41, 5.74) is 0.479. The minimum atomic E-state index is -5.12. The van der Waals surface area contributed by atoms with Crippen molar-refractivity contribution < 1.29 is 27.2 Å². The molecule has 1 fully saturated rings. The highest BCUT2D eigenvalue weighted by Crippen LogP contribution is 2.30. The highest BCUT2D eigenvalue weighted by molar-refractivity contribution is 5.90. The number of benzene rings is 1. The second-order valence-electron chi connectivity index (χ2n) is 7.18. The Hall–Kier alpha value is -2.77. The fourth-order valence-electron chi connectivity index (χ4n) is 3.62. The average molecular weight is 408 g/mol. The van der Waals surface area contributed by atoms with Gasteiger partial charge < -0.3 is 14.6 Å². The first kappa shape index (κ1) is 21.0. The summed E-state index contributed by atoms with van der Waals surface area (Å²) in [5.74, 6) is -2.76. The maximum atomic E-state index is 13.4. The smallest absolute Gasteiger partial charge is 0.467 e. The van der Waals surface area contributed by atoms with Gasteiger partial charge in [0.1, 0.15) is 5.76 Å². The number of nitrogens with one attached hydrogen (secondary N) is 1. The second-order valence-corrected chi connectivity index (χ2v) is 7.18. The molecule has 0 radical (unpaired) electrons. The first-order chi connectivity index (χ1) is 13.9. The van der Waals surface area contributed by atoms with E-state index in [4.69, 9.17) is 4.42 Å². The number of nitrogens with zero attached hydrogens (tertiary/aromatic N) is 1. The van der Waals surface area contributed by atoms with Crippen LogP contribution in [0.25, 0.3) is 0 Å². The van der Waals surface area contributed by atoms with Gasteiger partial charge in [0.2, 0.25) is 0 Å². The van der Waals surface area contributed by atoms with Gasteiger partial charge in [0.15, 0.2) is 6.04 Å². The molecule has 1 aromatic carbocycles. The summed E-state index contributed by atoms with van der Waals surface area (Å²) in [4.78, 5) is 25.9. The van der Waals surface area contributed by atoms with Gasteiger partial charge in [-0.2, -0.15) is 13.2 Å². The molecular weight excluding hydrogens is 385 g/mol. The Bertz CT molecular complexity index is 800. The van der Waals surface area contributed by atoms with Gasteiger partial charge in [-0.1, -0.05) is 49.6 Å². The second kappa shape index (κ2) is 9.15. The monoisotopic (exact) mass is 408 g/mol. The Morgan fingerprint density at radius 2 is 1.76 bits per heavy atom. The van der Waals surface area contributed by atoms with Crippen LogP contribution < -0.4 is 5.32 Å². The Morgan fingerprint density at radius 1 is 1.07 bits per heavy atom. The lowest BCUT2D eigenvalue weighted by atomic mass is 9.95. The van der Waals surface area contributed by atoms with Crippen molar-refractivity contribution in [3.05, 3.63) is 60.1 Å². The number of furan rings is 1. The lowest BCUT2D eigenvalue weighted by Crippen LogP contribution is -2.50. The molecule has 1 aliphatic carbocycles. The third-order valence-electron chi connectivity index (χ3n) is 5.02. The van der Waals surface area contributed by atoms with Crippen LogP contribution in [-0.2, 0) is 16.1 Å². The van der Waals surface area contributed by atoms with E-state index >= 15 is 0 Å². The molecule has 8 heteroatoms. The number of halogens is 3. The van der Waals surface area contributed by atoms with Gasteiger partial charge in [0.05, 0.1) is 6.26 Å². The van der Waals surface area contributed by atoms with Crippen LogP contribution in [0.1, 0.15) is 49.5 Å². The molecule has 0 saturated heterocycles. The van der Waals surface area contributed by atoms with Crippen LogP contribution in [0.15, 0.2) is 53.1 Å². The van der Waals surface area contributed by atoms with E-state index in [1.54, 1.807) is 30.3 Å². The average Bonchev–Trinajstić information content (AvgIpc) is 3.22. The number of carbonyl (C=O) groups is 2. The number of alkyl halides is 3. The number of hydrogen-bond acceptors (Lipinski definition) is 3. The summed E-state index contributed by atoms with van der Waals surface area (Å²) >= 11 is 0. The predicted molar refractivity (Wildman–Crippen MR) is 99.5 cm³/mol. The van der Waals surface area contributed by atoms with Gasteiger partial charge in [-0.15, -0.1) is 0 Å². The summed E-state index contributed by atoms with van der Waals surface area (Å²) in [6.45, 7) is -0.372. The summed E-state index contributed by atoms with van der Waals surface area (Å²) in [7, 11) is 0. The van der Waals surface area contributed by atoms with E-state index in [9.17, 15) is 22.8 Å². The zero-order chi connectivity index (χ0) is 20.9. The number of amides is 2. The maximum Gasteiger partial charge on any atom is 0.471 e. The Labute approximate surface area is 166 Å². The van der Waals surface area contributed by atoms with Gasteiger partial charge in [0.25, 0.3) is 5.91 Å². The minimum absolute atomic E-state index is 0.00756. The maximum absolute atomic E-state index is 13.4. The van der Waals surface area contributed by atoms with E-state index in [0.717, 1.165) is 32.1 Å². The number of rotatable bonds is 6. The van der Waals surface area contributed by atoms with E-state index < -0.39 is 24.0 Å². The molecule has 1 aromatic heterocycles. The Balaban J connectivity index is 1.93. The van der Waals surface area contributed by atoms with Crippen LogP contribution >= 0.6 is 0 Å². The topological polar surface area (TPSA) is 62.6 Å². The molecule has 0 aliphatic heterocycles. The van der Waals surface area contributed by atoms with Crippen molar-refractivity contribution in [3.63, 3.8) is 0 Å². The lowest BCUT2D eigenvalue weighted by Gasteiger charge is -2.32. The molecule has 5 nitrogen and oxygen atoms in total. The third kappa shape index (κ3) is 5.40. The van der Waals surface area contributed by atoms with Gasteiger partial charge in [-0.05, 0) is 30.5 Å². The van der Waals surface area contributed by atoms with Crippen LogP contribution in [-0.4, -0.2) is 28.9 Å². The zero-order valence-electron chi connectivity index (χ0n) is 15.8. The van der Waals surface area contributed by atoms with Crippen molar-refractivity contribution in [1.29, 1.82) is 0 Å². The standard InChI is InChI=1S/C21H23F3N2O3/c22-21(23,24)20(28)26(14-15-8-3-1-4-9-15)18(17-12-7-13-29-17)19(27)25-16-10-5-2-6-11-16/h1,3-4,7-9,12-13,16,18H,2,5-6,10-11,14H2,(H,25,27)/t18-/m1/s1. The summed E-state index contributed by atoms with van der Waals surface area (Å²) in [5, 5.41) is 2.82. The van der Waals surface area contributed by atoms with Crippen molar-refractivity contribution in [3.8, 4) is 0 Å². The van der Waals surface area contributed by atoms with Gasteiger partial charge in [-0.25, -0.2) is 0 Å². The molecule has 0 spiro atoms. The van der Waals surface area contributed by atoms with Gasteiger partial charge in [-0.3, -0.25) is 9.59 Å². The van der Waals surface area contributed by atoms with Crippen LogP contribution in [0.3, 0.4) is 0 Å². The molecule has 0 bridgehead atoms. The first-order valence-electron chi connectivity index (χ1n) is 9.62.